The number of pyridine rings is 1. The Kier molecular flexibility index (Phi) is 3.59. The topological polar surface area (TPSA) is 37.8 Å². The molecule has 102 valence electrons. The number of halogens is 1. The molecule has 0 aliphatic heterocycles. The van der Waals surface area contributed by atoms with Gasteiger partial charge in [0.1, 0.15) is 0 Å². The van der Waals surface area contributed by atoms with Crippen LogP contribution in [0.25, 0.3) is 10.9 Å². The van der Waals surface area contributed by atoms with Gasteiger partial charge in [-0.2, -0.15) is 0 Å². The van der Waals surface area contributed by atoms with Gasteiger partial charge in [0.15, 0.2) is 0 Å². The van der Waals surface area contributed by atoms with Crippen molar-refractivity contribution in [2.45, 2.75) is 19.9 Å². The summed E-state index contributed by atoms with van der Waals surface area (Å²) in [6, 6.07) is 7.95. The summed E-state index contributed by atoms with van der Waals surface area (Å²) in [5.74, 6) is 0. The molecular weight excluding hydrogens is 290 g/mol. The first-order valence-electron chi connectivity index (χ1n) is 6.36. The third kappa shape index (κ3) is 2.37. The summed E-state index contributed by atoms with van der Waals surface area (Å²) in [5, 5.41) is 5.19. The molecule has 0 bridgehead atoms. The number of hydrogen-bond acceptors (Lipinski definition) is 4. The van der Waals surface area contributed by atoms with E-state index in [0.717, 1.165) is 27.3 Å². The Bertz CT molecular complexity index is 754. The van der Waals surface area contributed by atoms with Gasteiger partial charge in [-0.3, -0.25) is 4.98 Å². The first kappa shape index (κ1) is 13.3. The maximum atomic E-state index is 6.21. The van der Waals surface area contributed by atoms with Crippen molar-refractivity contribution in [1.29, 1.82) is 0 Å². The molecule has 5 heteroatoms. The smallest absolute Gasteiger partial charge is 0.0948 e. The average molecular weight is 304 g/mol. The van der Waals surface area contributed by atoms with E-state index in [-0.39, 0.29) is 6.04 Å². The van der Waals surface area contributed by atoms with Crippen molar-refractivity contribution < 1.29 is 0 Å². The number of hydrogen-bond donors (Lipinski definition) is 1. The molecule has 1 N–H and O–H groups in total. The van der Waals surface area contributed by atoms with Gasteiger partial charge >= 0.3 is 0 Å². The minimum absolute atomic E-state index is 0.189. The summed E-state index contributed by atoms with van der Waals surface area (Å²) in [4.78, 5) is 9.98. The van der Waals surface area contributed by atoms with Crippen LogP contribution < -0.4 is 5.32 Å². The van der Waals surface area contributed by atoms with Crippen LogP contribution in [-0.2, 0) is 0 Å². The van der Waals surface area contributed by atoms with E-state index in [4.69, 9.17) is 11.6 Å². The SMILES string of the molecule is Cc1ncsc1C(C)Nc1ccc(Cl)c2cccnc12. The van der Waals surface area contributed by atoms with Crippen molar-refractivity contribution in [3.63, 3.8) is 0 Å². The van der Waals surface area contributed by atoms with Gasteiger partial charge in [-0.05, 0) is 38.1 Å². The molecule has 0 saturated heterocycles. The summed E-state index contributed by atoms with van der Waals surface area (Å²) in [6.07, 6.45) is 1.78. The van der Waals surface area contributed by atoms with Crippen LogP contribution in [-0.4, -0.2) is 9.97 Å². The third-order valence-corrected chi connectivity index (χ3v) is 4.71. The zero-order valence-electron chi connectivity index (χ0n) is 11.2. The van der Waals surface area contributed by atoms with Gasteiger partial charge in [0.05, 0.1) is 33.5 Å². The van der Waals surface area contributed by atoms with Crippen molar-refractivity contribution in [3.05, 3.63) is 51.6 Å². The first-order valence-corrected chi connectivity index (χ1v) is 7.62. The lowest BCUT2D eigenvalue weighted by Crippen LogP contribution is -2.07. The molecule has 0 aliphatic carbocycles. The summed E-state index contributed by atoms with van der Waals surface area (Å²) in [5.41, 5.74) is 4.83. The highest BCUT2D eigenvalue weighted by molar-refractivity contribution is 7.09. The van der Waals surface area contributed by atoms with Crippen LogP contribution in [0.5, 0.6) is 0 Å². The third-order valence-electron chi connectivity index (χ3n) is 3.26. The normalized spacial score (nSPS) is 12.6. The molecule has 0 amide bonds. The molecule has 20 heavy (non-hydrogen) atoms. The molecule has 2 aromatic heterocycles. The van der Waals surface area contributed by atoms with E-state index in [1.54, 1.807) is 17.5 Å². The average Bonchev–Trinajstić information content (AvgIpc) is 2.88. The van der Waals surface area contributed by atoms with Crippen LogP contribution in [0.2, 0.25) is 5.02 Å². The largest absolute Gasteiger partial charge is 0.376 e. The van der Waals surface area contributed by atoms with Crippen molar-refractivity contribution >= 4 is 39.5 Å². The molecule has 0 fully saturated rings. The first-order chi connectivity index (χ1) is 9.66. The summed E-state index contributed by atoms with van der Waals surface area (Å²) in [6.45, 7) is 4.16. The molecular formula is C15H14ClN3S. The van der Waals surface area contributed by atoms with E-state index < -0.39 is 0 Å². The maximum Gasteiger partial charge on any atom is 0.0948 e. The standard InChI is InChI=1S/C15H14ClN3S/c1-9-15(20-8-18-9)10(2)19-13-6-5-12(16)11-4-3-7-17-14(11)13/h3-8,10,19H,1-2H3. The van der Waals surface area contributed by atoms with Crippen molar-refractivity contribution in [2.24, 2.45) is 0 Å². The van der Waals surface area contributed by atoms with Gasteiger partial charge in [-0.15, -0.1) is 11.3 Å². The minimum atomic E-state index is 0.189. The highest BCUT2D eigenvalue weighted by atomic mass is 35.5. The second-order valence-electron chi connectivity index (χ2n) is 4.66. The van der Waals surface area contributed by atoms with Gasteiger partial charge in [-0.1, -0.05) is 11.6 Å². The molecule has 0 aliphatic rings. The van der Waals surface area contributed by atoms with Crippen molar-refractivity contribution in [2.75, 3.05) is 5.32 Å². The molecule has 1 atom stereocenters. The Labute approximate surface area is 126 Å². The quantitative estimate of drug-likeness (QED) is 0.753. The summed E-state index contributed by atoms with van der Waals surface area (Å²) in [7, 11) is 0. The summed E-state index contributed by atoms with van der Waals surface area (Å²) >= 11 is 7.88. The fourth-order valence-corrected chi connectivity index (χ4v) is 3.31. The number of aryl methyl sites for hydroxylation is 1. The van der Waals surface area contributed by atoms with Gasteiger partial charge < -0.3 is 5.32 Å². The Morgan fingerprint density at radius 1 is 1.25 bits per heavy atom. The number of aromatic nitrogens is 2. The molecule has 1 unspecified atom stereocenters. The second kappa shape index (κ2) is 5.38. The highest BCUT2D eigenvalue weighted by Gasteiger charge is 2.13. The zero-order chi connectivity index (χ0) is 14.1. The molecule has 2 heterocycles. The number of benzene rings is 1. The number of nitrogens with one attached hydrogen (secondary N) is 1. The molecule has 0 spiro atoms. The van der Waals surface area contributed by atoms with Crippen LogP contribution >= 0.6 is 22.9 Å². The number of fused-ring (bicyclic) bond motifs is 1. The molecule has 3 rings (SSSR count). The number of thiazole rings is 1. The molecule has 1 aromatic carbocycles. The lowest BCUT2D eigenvalue weighted by Gasteiger charge is -2.16. The lowest BCUT2D eigenvalue weighted by molar-refractivity contribution is 0.892. The van der Waals surface area contributed by atoms with E-state index in [0.29, 0.717) is 0 Å². The van der Waals surface area contributed by atoms with Crippen molar-refractivity contribution in [1.82, 2.24) is 9.97 Å². The predicted molar refractivity (Wildman–Crippen MR) is 85.6 cm³/mol. The maximum absolute atomic E-state index is 6.21. The molecule has 0 radical (unpaired) electrons. The van der Waals surface area contributed by atoms with Gasteiger partial charge in [0, 0.05) is 16.5 Å². The summed E-state index contributed by atoms with van der Waals surface area (Å²) < 4.78 is 0. The van der Waals surface area contributed by atoms with Crippen LogP contribution in [0, 0.1) is 6.92 Å². The van der Waals surface area contributed by atoms with Crippen LogP contribution in [0.15, 0.2) is 36.0 Å². The Hall–Kier alpha value is -1.65. The van der Waals surface area contributed by atoms with Gasteiger partial charge in [0.25, 0.3) is 0 Å². The Balaban J connectivity index is 1.99. The lowest BCUT2D eigenvalue weighted by atomic mass is 10.1. The van der Waals surface area contributed by atoms with Gasteiger partial charge in [0.2, 0.25) is 0 Å². The number of rotatable bonds is 3. The minimum Gasteiger partial charge on any atom is -0.376 e. The van der Waals surface area contributed by atoms with E-state index in [2.05, 4.69) is 22.2 Å². The van der Waals surface area contributed by atoms with E-state index >= 15 is 0 Å². The Morgan fingerprint density at radius 3 is 2.85 bits per heavy atom. The van der Waals surface area contributed by atoms with E-state index in [9.17, 15) is 0 Å². The van der Waals surface area contributed by atoms with E-state index in [1.807, 2.05) is 36.7 Å². The highest BCUT2D eigenvalue weighted by Crippen LogP contribution is 2.31. The number of anilines is 1. The molecule has 3 aromatic rings. The van der Waals surface area contributed by atoms with Crippen LogP contribution in [0.1, 0.15) is 23.5 Å². The van der Waals surface area contributed by atoms with Gasteiger partial charge in [-0.25, -0.2) is 4.98 Å². The fraction of sp³-hybridized carbons (Fsp3) is 0.200. The Morgan fingerprint density at radius 2 is 2.10 bits per heavy atom. The molecule has 0 saturated carbocycles. The predicted octanol–water partition coefficient (Wildman–Crippen LogP) is 4.83. The van der Waals surface area contributed by atoms with Crippen LogP contribution in [0.3, 0.4) is 0 Å². The van der Waals surface area contributed by atoms with E-state index in [1.165, 1.54) is 4.88 Å². The monoisotopic (exact) mass is 303 g/mol. The second-order valence-corrected chi connectivity index (χ2v) is 5.96. The zero-order valence-corrected chi connectivity index (χ0v) is 12.8. The van der Waals surface area contributed by atoms with Crippen molar-refractivity contribution in [3.8, 4) is 0 Å². The number of nitrogens with zero attached hydrogens (tertiary/aromatic N) is 2. The fourth-order valence-electron chi connectivity index (χ4n) is 2.28. The molecule has 3 nitrogen and oxygen atoms in total. The van der Waals surface area contributed by atoms with Crippen LogP contribution in [0.4, 0.5) is 5.69 Å².